The Morgan fingerprint density at radius 1 is 0.931 bits per heavy atom. The molecule has 6 heteroatoms. The van der Waals surface area contributed by atoms with Crippen LogP contribution in [0.2, 0.25) is 0 Å². The molecular formula is C23H29NO5. The van der Waals surface area contributed by atoms with Gasteiger partial charge in [-0.15, -0.1) is 0 Å². The van der Waals surface area contributed by atoms with Crippen LogP contribution in [0.25, 0.3) is 0 Å². The lowest BCUT2D eigenvalue weighted by molar-refractivity contribution is -0.150. The third kappa shape index (κ3) is 7.14. The predicted molar refractivity (Wildman–Crippen MR) is 111 cm³/mol. The summed E-state index contributed by atoms with van der Waals surface area (Å²) in [6, 6.07) is 14.9. The summed E-state index contributed by atoms with van der Waals surface area (Å²) in [6.07, 6.45) is 0.966. The molecular weight excluding hydrogens is 370 g/mol. The van der Waals surface area contributed by atoms with Crippen LogP contribution >= 0.6 is 0 Å². The van der Waals surface area contributed by atoms with Gasteiger partial charge in [0, 0.05) is 0 Å². The zero-order chi connectivity index (χ0) is 21.2. The van der Waals surface area contributed by atoms with E-state index in [2.05, 4.69) is 24.4 Å². The molecule has 0 heterocycles. The SMILES string of the molecule is CCc1ccc([C@@H](NC(=O)COC(=O)COc2ccc(OC)cc2)C(C)C)cc1. The second-order valence-corrected chi connectivity index (χ2v) is 7.01. The number of amides is 1. The summed E-state index contributed by atoms with van der Waals surface area (Å²) in [7, 11) is 1.57. The number of carbonyl (C=O) groups excluding carboxylic acids is 2. The van der Waals surface area contributed by atoms with Gasteiger partial charge in [-0.25, -0.2) is 4.79 Å². The molecule has 0 aliphatic carbocycles. The number of ether oxygens (including phenoxy) is 3. The molecule has 0 saturated carbocycles. The van der Waals surface area contributed by atoms with Gasteiger partial charge in [0.05, 0.1) is 13.2 Å². The molecule has 29 heavy (non-hydrogen) atoms. The number of carbonyl (C=O) groups is 2. The van der Waals surface area contributed by atoms with Crippen molar-refractivity contribution in [1.82, 2.24) is 5.32 Å². The molecule has 2 rings (SSSR count). The van der Waals surface area contributed by atoms with E-state index in [1.54, 1.807) is 31.4 Å². The topological polar surface area (TPSA) is 73.9 Å². The Kier molecular flexibility index (Phi) is 8.52. The standard InChI is InChI=1S/C23H29NO5/c1-5-17-6-8-18(9-7-17)23(16(2)3)24-21(25)14-29-22(26)15-28-20-12-10-19(27-4)11-13-20/h6-13,16,23H,5,14-15H2,1-4H3,(H,24,25)/t23-/m0/s1. The van der Waals surface area contributed by atoms with Crippen LogP contribution in [0.3, 0.4) is 0 Å². The lowest BCUT2D eigenvalue weighted by Gasteiger charge is -2.23. The van der Waals surface area contributed by atoms with Gasteiger partial charge in [-0.3, -0.25) is 4.79 Å². The Morgan fingerprint density at radius 3 is 2.10 bits per heavy atom. The van der Waals surface area contributed by atoms with Gasteiger partial charge in [0.2, 0.25) is 0 Å². The number of nitrogens with one attached hydrogen (secondary N) is 1. The number of esters is 1. The lowest BCUT2D eigenvalue weighted by atomic mass is 9.95. The Morgan fingerprint density at radius 2 is 1.55 bits per heavy atom. The molecule has 0 aliphatic heterocycles. The van der Waals surface area contributed by atoms with Crippen LogP contribution in [-0.2, 0) is 20.7 Å². The average molecular weight is 399 g/mol. The van der Waals surface area contributed by atoms with Gasteiger partial charge in [0.25, 0.3) is 5.91 Å². The highest BCUT2D eigenvalue weighted by atomic mass is 16.6. The largest absolute Gasteiger partial charge is 0.497 e. The minimum absolute atomic E-state index is 0.150. The van der Waals surface area contributed by atoms with Gasteiger partial charge >= 0.3 is 5.97 Å². The first-order chi connectivity index (χ1) is 13.9. The van der Waals surface area contributed by atoms with Gasteiger partial charge in [-0.2, -0.15) is 0 Å². The summed E-state index contributed by atoms with van der Waals surface area (Å²) in [6.45, 7) is 5.55. The number of hydrogen-bond donors (Lipinski definition) is 1. The molecule has 6 nitrogen and oxygen atoms in total. The van der Waals surface area contributed by atoms with Crippen molar-refractivity contribution < 1.29 is 23.8 Å². The van der Waals surface area contributed by atoms with E-state index in [4.69, 9.17) is 14.2 Å². The number of hydrogen-bond acceptors (Lipinski definition) is 5. The molecule has 156 valence electrons. The van der Waals surface area contributed by atoms with Crippen molar-refractivity contribution >= 4 is 11.9 Å². The first-order valence-electron chi connectivity index (χ1n) is 9.73. The maximum atomic E-state index is 12.3. The molecule has 0 aliphatic rings. The van der Waals surface area contributed by atoms with Crippen molar-refractivity contribution in [3.8, 4) is 11.5 Å². The van der Waals surface area contributed by atoms with E-state index < -0.39 is 5.97 Å². The Bertz CT molecular complexity index is 784. The fourth-order valence-electron chi connectivity index (χ4n) is 2.81. The summed E-state index contributed by atoms with van der Waals surface area (Å²) in [4.78, 5) is 24.1. The number of methoxy groups -OCH3 is 1. The maximum absolute atomic E-state index is 12.3. The molecule has 0 fully saturated rings. The zero-order valence-corrected chi connectivity index (χ0v) is 17.4. The van der Waals surface area contributed by atoms with Gasteiger partial charge in [-0.05, 0) is 47.7 Å². The minimum Gasteiger partial charge on any atom is -0.497 e. The van der Waals surface area contributed by atoms with E-state index in [-0.39, 0.29) is 31.1 Å². The van der Waals surface area contributed by atoms with Crippen molar-refractivity contribution in [2.45, 2.75) is 33.2 Å². The lowest BCUT2D eigenvalue weighted by Crippen LogP contribution is -2.35. The molecule has 0 bridgehead atoms. The van der Waals surface area contributed by atoms with E-state index >= 15 is 0 Å². The van der Waals surface area contributed by atoms with E-state index in [0.29, 0.717) is 11.5 Å². The Balaban J connectivity index is 1.80. The van der Waals surface area contributed by atoms with Crippen molar-refractivity contribution in [2.75, 3.05) is 20.3 Å². The van der Waals surface area contributed by atoms with Gasteiger partial charge in [0.15, 0.2) is 13.2 Å². The second kappa shape index (κ2) is 11.1. The van der Waals surface area contributed by atoms with Crippen molar-refractivity contribution in [3.63, 3.8) is 0 Å². The summed E-state index contributed by atoms with van der Waals surface area (Å²) in [5.74, 6) is 0.453. The highest BCUT2D eigenvalue weighted by Crippen LogP contribution is 2.22. The van der Waals surface area contributed by atoms with E-state index in [1.807, 2.05) is 26.0 Å². The molecule has 1 amide bonds. The number of benzene rings is 2. The monoisotopic (exact) mass is 399 g/mol. The highest BCUT2D eigenvalue weighted by molar-refractivity contribution is 5.81. The molecule has 0 spiro atoms. The summed E-state index contributed by atoms with van der Waals surface area (Å²) in [5, 5.41) is 2.94. The number of aryl methyl sites for hydroxylation is 1. The normalized spacial score (nSPS) is 11.6. The van der Waals surface area contributed by atoms with Gasteiger partial charge in [-0.1, -0.05) is 45.0 Å². The molecule has 0 unspecified atom stereocenters. The maximum Gasteiger partial charge on any atom is 0.344 e. The molecule has 2 aromatic rings. The van der Waals surface area contributed by atoms with Crippen LogP contribution < -0.4 is 14.8 Å². The summed E-state index contributed by atoms with van der Waals surface area (Å²) < 4.78 is 15.4. The van der Waals surface area contributed by atoms with Crippen LogP contribution in [0.1, 0.15) is 37.9 Å². The van der Waals surface area contributed by atoms with Crippen LogP contribution in [0.5, 0.6) is 11.5 Å². The predicted octanol–water partition coefficient (Wildman–Crippen LogP) is 3.69. The van der Waals surface area contributed by atoms with E-state index in [1.165, 1.54) is 5.56 Å². The smallest absolute Gasteiger partial charge is 0.344 e. The summed E-state index contributed by atoms with van der Waals surface area (Å²) in [5.41, 5.74) is 2.27. The van der Waals surface area contributed by atoms with Gasteiger partial charge < -0.3 is 19.5 Å². The molecule has 1 N–H and O–H groups in total. The zero-order valence-electron chi connectivity index (χ0n) is 17.4. The third-order valence-electron chi connectivity index (χ3n) is 4.51. The van der Waals surface area contributed by atoms with Crippen LogP contribution in [0.15, 0.2) is 48.5 Å². The summed E-state index contributed by atoms with van der Waals surface area (Å²) >= 11 is 0. The van der Waals surface area contributed by atoms with Crippen molar-refractivity contribution in [3.05, 3.63) is 59.7 Å². The van der Waals surface area contributed by atoms with Crippen LogP contribution in [-0.4, -0.2) is 32.2 Å². The fourth-order valence-corrected chi connectivity index (χ4v) is 2.81. The third-order valence-corrected chi connectivity index (χ3v) is 4.51. The van der Waals surface area contributed by atoms with E-state index in [0.717, 1.165) is 12.0 Å². The quantitative estimate of drug-likeness (QED) is 0.617. The highest BCUT2D eigenvalue weighted by Gasteiger charge is 2.19. The Labute approximate surface area is 172 Å². The fraction of sp³-hybridized carbons (Fsp3) is 0.391. The van der Waals surface area contributed by atoms with Crippen LogP contribution in [0.4, 0.5) is 0 Å². The van der Waals surface area contributed by atoms with Gasteiger partial charge in [0.1, 0.15) is 11.5 Å². The Hall–Kier alpha value is -3.02. The van der Waals surface area contributed by atoms with E-state index in [9.17, 15) is 9.59 Å². The second-order valence-electron chi connectivity index (χ2n) is 7.01. The molecule has 0 saturated heterocycles. The molecule has 1 atom stereocenters. The van der Waals surface area contributed by atoms with Crippen molar-refractivity contribution in [2.24, 2.45) is 5.92 Å². The molecule has 0 radical (unpaired) electrons. The first kappa shape index (κ1) is 22.3. The average Bonchev–Trinajstić information content (AvgIpc) is 2.74. The number of rotatable bonds is 10. The van der Waals surface area contributed by atoms with Crippen LogP contribution in [0, 0.1) is 5.92 Å². The first-order valence-corrected chi connectivity index (χ1v) is 9.73. The molecule has 2 aromatic carbocycles. The molecule has 0 aromatic heterocycles. The minimum atomic E-state index is -0.607. The van der Waals surface area contributed by atoms with Crippen molar-refractivity contribution in [1.29, 1.82) is 0 Å².